The van der Waals surface area contributed by atoms with Crippen LogP contribution in [0, 0.1) is 6.92 Å². The van der Waals surface area contributed by atoms with Gasteiger partial charge in [-0.1, -0.05) is 48.0 Å². The van der Waals surface area contributed by atoms with Crippen molar-refractivity contribution in [2.75, 3.05) is 0 Å². The molecule has 0 spiro atoms. The summed E-state index contributed by atoms with van der Waals surface area (Å²) in [4.78, 5) is 0.107. The zero-order chi connectivity index (χ0) is 17.3. The maximum absolute atomic E-state index is 13.2. The molecule has 24 heavy (non-hydrogen) atoms. The summed E-state index contributed by atoms with van der Waals surface area (Å²) < 4.78 is 27.6. The normalized spacial score (nSPS) is 11.6. The number of hydrogen-bond donors (Lipinski definition) is 1. The first-order chi connectivity index (χ1) is 11.4. The van der Waals surface area contributed by atoms with Gasteiger partial charge in [-0.3, -0.25) is 0 Å². The molecule has 0 aliphatic heterocycles. The summed E-state index contributed by atoms with van der Waals surface area (Å²) in [5.41, 5.74) is 2.32. The summed E-state index contributed by atoms with van der Waals surface area (Å²) in [6.07, 6.45) is 0. The maximum atomic E-state index is 13.2. The molecule has 0 aliphatic rings. The number of aliphatic hydroxyl groups is 1. The summed E-state index contributed by atoms with van der Waals surface area (Å²) >= 11 is 5.95. The molecule has 0 atom stereocenters. The first-order valence-electron chi connectivity index (χ1n) is 7.34. The second-order valence-electron chi connectivity index (χ2n) is 5.39. The van der Waals surface area contributed by atoms with Crippen LogP contribution in [-0.2, 0) is 16.6 Å². The van der Waals surface area contributed by atoms with E-state index < -0.39 is 10.0 Å². The highest BCUT2D eigenvalue weighted by Gasteiger charge is 2.25. The Morgan fingerprint density at radius 1 is 1.04 bits per heavy atom. The van der Waals surface area contributed by atoms with Crippen LogP contribution in [0.25, 0.3) is 11.3 Å². The second kappa shape index (κ2) is 6.43. The quantitative estimate of drug-likeness (QED) is 0.767. The van der Waals surface area contributed by atoms with Crippen molar-refractivity contribution in [1.29, 1.82) is 0 Å². The molecule has 6 heteroatoms. The van der Waals surface area contributed by atoms with E-state index in [-0.39, 0.29) is 11.5 Å². The highest BCUT2D eigenvalue weighted by Crippen LogP contribution is 2.30. The fourth-order valence-electron chi connectivity index (χ4n) is 2.65. The van der Waals surface area contributed by atoms with Crippen molar-refractivity contribution >= 4 is 21.6 Å². The summed E-state index contributed by atoms with van der Waals surface area (Å²) in [5, 5.41) is 9.91. The van der Waals surface area contributed by atoms with Crippen molar-refractivity contribution in [2.24, 2.45) is 0 Å². The highest BCUT2D eigenvalue weighted by molar-refractivity contribution is 7.90. The van der Waals surface area contributed by atoms with Gasteiger partial charge in [0.2, 0.25) is 0 Å². The van der Waals surface area contributed by atoms with Gasteiger partial charge in [0.05, 0.1) is 17.2 Å². The van der Waals surface area contributed by atoms with E-state index in [0.717, 1.165) is 5.56 Å². The Morgan fingerprint density at radius 2 is 1.75 bits per heavy atom. The minimum atomic E-state index is -3.84. The number of rotatable bonds is 4. The number of halogens is 1. The minimum absolute atomic E-state index is 0.107. The molecule has 0 saturated carbocycles. The van der Waals surface area contributed by atoms with E-state index in [4.69, 9.17) is 11.6 Å². The third kappa shape index (κ3) is 2.86. The topological polar surface area (TPSA) is 59.3 Å². The van der Waals surface area contributed by atoms with Gasteiger partial charge in [-0.05, 0) is 42.3 Å². The van der Waals surface area contributed by atoms with Crippen LogP contribution < -0.4 is 0 Å². The average molecular weight is 362 g/mol. The zero-order valence-corrected chi connectivity index (χ0v) is 14.6. The average Bonchev–Trinajstić information content (AvgIpc) is 2.93. The molecule has 0 amide bonds. The number of aliphatic hydroxyl groups excluding tert-OH is 1. The number of benzene rings is 2. The molecule has 0 bridgehead atoms. The summed E-state index contributed by atoms with van der Waals surface area (Å²) in [7, 11) is -3.84. The predicted molar refractivity (Wildman–Crippen MR) is 94.6 cm³/mol. The Bertz CT molecular complexity index is 979. The monoisotopic (exact) mass is 361 g/mol. The van der Waals surface area contributed by atoms with Crippen LogP contribution in [-0.4, -0.2) is 17.5 Å². The van der Waals surface area contributed by atoms with Crippen LogP contribution in [0.4, 0.5) is 0 Å². The lowest BCUT2D eigenvalue weighted by atomic mass is 10.1. The van der Waals surface area contributed by atoms with E-state index in [1.807, 2.05) is 30.3 Å². The molecular formula is C18H16ClNO3S. The molecule has 1 N–H and O–H groups in total. The third-order valence-corrected chi connectivity index (χ3v) is 5.91. The van der Waals surface area contributed by atoms with Gasteiger partial charge in [-0.25, -0.2) is 12.4 Å². The Hall–Kier alpha value is -2.08. The lowest BCUT2D eigenvalue weighted by molar-refractivity contribution is 0.281. The number of nitrogens with zero attached hydrogens (tertiary/aromatic N) is 1. The summed E-state index contributed by atoms with van der Waals surface area (Å²) in [6.45, 7) is 1.45. The van der Waals surface area contributed by atoms with Crippen LogP contribution in [0.1, 0.15) is 11.3 Å². The number of aromatic nitrogens is 1. The van der Waals surface area contributed by atoms with Crippen molar-refractivity contribution in [1.82, 2.24) is 3.97 Å². The fraction of sp³-hybridized carbons (Fsp3) is 0.111. The van der Waals surface area contributed by atoms with Crippen LogP contribution in [0.3, 0.4) is 0 Å². The third-order valence-electron chi connectivity index (χ3n) is 3.87. The molecule has 1 aromatic heterocycles. The van der Waals surface area contributed by atoms with E-state index >= 15 is 0 Å². The largest absolute Gasteiger partial charge is 0.392 e. The zero-order valence-electron chi connectivity index (χ0n) is 13.0. The Labute approximate surface area is 146 Å². The lowest BCUT2D eigenvalue weighted by Gasteiger charge is -2.13. The van der Waals surface area contributed by atoms with Gasteiger partial charge < -0.3 is 5.11 Å². The highest BCUT2D eigenvalue weighted by atomic mass is 35.5. The van der Waals surface area contributed by atoms with Gasteiger partial charge >= 0.3 is 0 Å². The SMILES string of the molecule is Cc1c(CO)cc(-c2ccccc2)n1S(=O)(=O)c1cccc(Cl)c1. The van der Waals surface area contributed by atoms with Crippen molar-refractivity contribution in [3.8, 4) is 11.3 Å². The van der Waals surface area contributed by atoms with Crippen molar-refractivity contribution in [3.63, 3.8) is 0 Å². The standard InChI is InChI=1S/C18H16ClNO3S/c1-13-15(12-21)10-18(14-6-3-2-4-7-14)20(13)24(22,23)17-9-5-8-16(19)11-17/h2-11,21H,12H2,1H3. The van der Waals surface area contributed by atoms with Crippen molar-refractivity contribution in [2.45, 2.75) is 18.4 Å². The molecule has 124 valence electrons. The molecule has 3 rings (SSSR count). The van der Waals surface area contributed by atoms with Crippen LogP contribution >= 0.6 is 11.6 Å². The molecule has 0 unspecified atom stereocenters. The molecule has 4 nitrogen and oxygen atoms in total. The molecule has 0 aliphatic carbocycles. The first kappa shape index (κ1) is 16.8. The van der Waals surface area contributed by atoms with E-state index in [2.05, 4.69) is 0 Å². The van der Waals surface area contributed by atoms with Gasteiger partial charge in [-0.2, -0.15) is 0 Å². The Morgan fingerprint density at radius 3 is 2.38 bits per heavy atom. The van der Waals surface area contributed by atoms with Gasteiger partial charge in [0.1, 0.15) is 0 Å². The smallest absolute Gasteiger partial charge is 0.268 e. The van der Waals surface area contributed by atoms with E-state index in [0.29, 0.717) is 22.0 Å². The minimum Gasteiger partial charge on any atom is -0.392 e. The van der Waals surface area contributed by atoms with Crippen LogP contribution in [0.15, 0.2) is 65.6 Å². The predicted octanol–water partition coefficient (Wildman–Crippen LogP) is 3.85. The Balaban J connectivity index is 2.29. The molecule has 3 aromatic rings. The van der Waals surface area contributed by atoms with Crippen LogP contribution in [0.2, 0.25) is 5.02 Å². The molecule has 0 fully saturated rings. The van der Waals surface area contributed by atoms with Gasteiger partial charge in [-0.15, -0.1) is 0 Å². The molecule has 1 heterocycles. The van der Waals surface area contributed by atoms with Gasteiger partial charge in [0.25, 0.3) is 10.0 Å². The summed E-state index contributed by atoms with van der Waals surface area (Å²) in [6, 6.07) is 17.1. The first-order valence-corrected chi connectivity index (χ1v) is 9.15. The van der Waals surface area contributed by atoms with Crippen LogP contribution in [0.5, 0.6) is 0 Å². The maximum Gasteiger partial charge on any atom is 0.268 e. The number of hydrogen-bond acceptors (Lipinski definition) is 3. The molecule has 2 aromatic carbocycles. The summed E-state index contributed by atoms with van der Waals surface area (Å²) in [5.74, 6) is 0. The van der Waals surface area contributed by atoms with Crippen molar-refractivity contribution in [3.05, 3.63) is 76.9 Å². The molecule has 0 saturated heterocycles. The lowest BCUT2D eigenvalue weighted by Crippen LogP contribution is -2.16. The second-order valence-corrected chi connectivity index (χ2v) is 7.61. The van der Waals surface area contributed by atoms with Gasteiger partial charge in [0, 0.05) is 10.7 Å². The van der Waals surface area contributed by atoms with E-state index in [9.17, 15) is 13.5 Å². The van der Waals surface area contributed by atoms with E-state index in [1.165, 1.54) is 16.1 Å². The Kier molecular flexibility index (Phi) is 4.49. The fourth-order valence-corrected chi connectivity index (χ4v) is 4.54. The van der Waals surface area contributed by atoms with Gasteiger partial charge in [0.15, 0.2) is 0 Å². The van der Waals surface area contributed by atoms with Crippen molar-refractivity contribution < 1.29 is 13.5 Å². The molecule has 0 radical (unpaired) electrons. The van der Waals surface area contributed by atoms with E-state index in [1.54, 1.807) is 25.1 Å². The molecular weight excluding hydrogens is 346 g/mol.